The maximum absolute atomic E-state index is 4.43. The van der Waals surface area contributed by atoms with E-state index in [-0.39, 0.29) is 0 Å². The van der Waals surface area contributed by atoms with E-state index in [2.05, 4.69) is 58.2 Å². The molecule has 1 atom stereocenters. The Morgan fingerprint density at radius 3 is 2.41 bits per heavy atom. The maximum Gasteiger partial charge on any atom is 0.0358 e. The van der Waals surface area contributed by atoms with Crippen molar-refractivity contribution < 1.29 is 0 Å². The lowest BCUT2D eigenvalue weighted by Crippen LogP contribution is -1.95. The van der Waals surface area contributed by atoms with E-state index in [1.807, 2.05) is 36.5 Å². The summed E-state index contributed by atoms with van der Waals surface area (Å²) in [6.45, 7) is 19.4. The van der Waals surface area contributed by atoms with Crippen LogP contribution in [0.15, 0.2) is 24.8 Å². The van der Waals surface area contributed by atoms with E-state index in [1.165, 1.54) is 70.7 Å². The molecule has 0 saturated heterocycles. The smallest absolute Gasteiger partial charge is 0.0358 e. The molecule has 0 amide bonds. The molecule has 142 valence electrons. The van der Waals surface area contributed by atoms with Crippen molar-refractivity contribution in [3.05, 3.63) is 44.6 Å². The van der Waals surface area contributed by atoms with Gasteiger partial charge < -0.3 is 0 Å². The molecule has 0 radical (unpaired) electrons. The molecule has 1 unspecified atom stereocenters. The van der Waals surface area contributed by atoms with Crippen molar-refractivity contribution in [2.75, 3.05) is 0 Å². The lowest BCUT2D eigenvalue weighted by atomic mass is 9.90. The molecule has 4 aromatic rings. The van der Waals surface area contributed by atoms with Crippen LogP contribution in [0, 0.1) is 6.92 Å². The van der Waals surface area contributed by atoms with Gasteiger partial charge in [-0.3, -0.25) is 0 Å². The normalized spacial score (nSPS) is 12.5. The van der Waals surface area contributed by atoms with E-state index in [1.54, 1.807) is 0 Å². The highest BCUT2D eigenvalue weighted by atomic mass is 32.1. The molecule has 0 saturated carbocycles. The van der Waals surface area contributed by atoms with Crippen LogP contribution >= 0.6 is 22.7 Å². The minimum Gasteiger partial charge on any atom is -0.140 e. The van der Waals surface area contributed by atoms with Gasteiger partial charge in [0.05, 0.1) is 0 Å². The molecule has 0 fully saturated rings. The Hall–Kier alpha value is -1.64. The fourth-order valence-electron chi connectivity index (χ4n) is 4.33. The molecule has 0 nitrogen and oxygen atoms in total. The van der Waals surface area contributed by atoms with Gasteiger partial charge in [-0.05, 0) is 42.7 Å². The molecule has 0 aliphatic carbocycles. The van der Waals surface area contributed by atoms with Gasteiger partial charge in [0.1, 0.15) is 0 Å². The molecule has 2 aromatic carbocycles. The Morgan fingerprint density at radius 1 is 1.04 bits per heavy atom. The zero-order valence-electron chi connectivity index (χ0n) is 17.2. The lowest BCUT2D eigenvalue weighted by Gasteiger charge is -2.15. The van der Waals surface area contributed by atoms with Crippen LogP contribution in [0.2, 0.25) is 0 Å². The Bertz CT molecular complexity index is 1140. The molecular weight excluding hydrogens is 364 g/mol. The number of thiophene rings is 2. The summed E-state index contributed by atoms with van der Waals surface area (Å²) in [4.78, 5) is 2.92. The molecule has 0 spiro atoms. The molecule has 2 heterocycles. The fourth-order valence-corrected chi connectivity index (χ4v) is 6.78. The third kappa shape index (κ3) is 3.03. The van der Waals surface area contributed by atoms with Gasteiger partial charge in [0.25, 0.3) is 0 Å². The van der Waals surface area contributed by atoms with E-state index >= 15 is 0 Å². The minimum atomic E-state index is 0.627. The van der Waals surface area contributed by atoms with Crippen LogP contribution < -0.4 is 4.53 Å². The van der Waals surface area contributed by atoms with Crippen LogP contribution in [-0.4, -0.2) is 0 Å². The van der Waals surface area contributed by atoms with Crippen molar-refractivity contribution in [3.63, 3.8) is 0 Å². The van der Waals surface area contributed by atoms with Gasteiger partial charge in [-0.2, -0.15) is 0 Å². The first kappa shape index (κ1) is 20.1. The van der Waals surface area contributed by atoms with Crippen molar-refractivity contribution in [2.24, 2.45) is 0 Å². The van der Waals surface area contributed by atoms with Crippen LogP contribution in [0.5, 0.6) is 0 Å². The molecule has 27 heavy (non-hydrogen) atoms. The second-order valence-corrected chi connectivity index (χ2v) is 9.26. The second-order valence-electron chi connectivity index (χ2n) is 6.86. The predicted octanol–water partition coefficient (Wildman–Crippen LogP) is 8.67. The summed E-state index contributed by atoms with van der Waals surface area (Å²) in [6, 6.07) is 6.78. The summed E-state index contributed by atoms with van der Waals surface area (Å²) in [5, 5.41) is 7.01. The van der Waals surface area contributed by atoms with Gasteiger partial charge in [-0.25, -0.2) is 0 Å². The van der Waals surface area contributed by atoms with Crippen molar-refractivity contribution in [2.45, 2.75) is 59.8 Å². The minimum absolute atomic E-state index is 0.627. The van der Waals surface area contributed by atoms with E-state index in [0.717, 1.165) is 0 Å². The fraction of sp³-hybridized carbons (Fsp3) is 0.360. The molecule has 0 aliphatic heterocycles. The SMILES string of the molecule is C=Cc1c2c(C)sc3cccc(c4c(C(CC)CCC)sc(=C)c14)c32.CC. The molecular formula is C25H30S2. The number of hydrogen-bond acceptors (Lipinski definition) is 2. The molecule has 0 aliphatic rings. The van der Waals surface area contributed by atoms with Gasteiger partial charge in [-0.1, -0.05) is 65.5 Å². The van der Waals surface area contributed by atoms with Gasteiger partial charge in [0.2, 0.25) is 0 Å². The molecule has 2 aromatic heterocycles. The quantitative estimate of drug-likeness (QED) is 0.317. The zero-order valence-corrected chi connectivity index (χ0v) is 18.9. The molecule has 0 N–H and O–H groups in total. The van der Waals surface area contributed by atoms with E-state index in [9.17, 15) is 0 Å². The number of rotatable bonds is 5. The van der Waals surface area contributed by atoms with Crippen LogP contribution in [-0.2, 0) is 0 Å². The Kier molecular flexibility index (Phi) is 6.08. The van der Waals surface area contributed by atoms with Crippen LogP contribution in [0.4, 0.5) is 0 Å². The van der Waals surface area contributed by atoms with E-state index in [0.29, 0.717) is 5.92 Å². The Balaban J connectivity index is 0.00000102. The lowest BCUT2D eigenvalue weighted by molar-refractivity contribution is 0.608. The summed E-state index contributed by atoms with van der Waals surface area (Å²) >= 11 is 3.81. The third-order valence-electron chi connectivity index (χ3n) is 5.41. The number of benzene rings is 2. The molecule has 4 rings (SSSR count). The standard InChI is InChI=1S/C23H24S2.C2H6/c1-6-10-15(7-2)23-22-17-11-9-12-18-21(17)19(13(4)24-18)16(8-3)20(22)14(5)25-23;1-2/h8-9,11-12,15H,3,5-7,10H2,1-2,4H3;1-2H3. The summed E-state index contributed by atoms with van der Waals surface area (Å²) in [5.74, 6) is 0.627. The number of aryl methyl sites for hydroxylation is 1. The van der Waals surface area contributed by atoms with Gasteiger partial charge in [-0.15, -0.1) is 22.7 Å². The Labute approximate surface area is 171 Å². The second kappa shape index (κ2) is 8.16. The monoisotopic (exact) mass is 394 g/mol. The highest BCUT2D eigenvalue weighted by molar-refractivity contribution is 7.20. The highest BCUT2D eigenvalue weighted by Gasteiger charge is 2.22. The average molecular weight is 395 g/mol. The first-order valence-electron chi connectivity index (χ1n) is 10.1. The van der Waals surface area contributed by atoms with E-state index < -0.39 is 0 Å². The molecule has 0 bridgehead atoms. The van der Waals surface area contributed by atoms with Crippen molar-refractivity contribution in [3.8, 4) is 0 Å². The number of hydrogen-bond donors (Lipinski definition) is 0. The topological polar surface area (TPSA) is 0 Å². The van der Waals surface area contributed by atoms with Crippen molar-refractivity contribution in [1.29, 1.82) is 0 Å². The zero-order chi connectivity index (χ0) is 19.7. The van der Waals surface area contributed by atoms with Gasteiger partial charge >= 0.3 is 0 Å². The van der Waals surface area contributed by atoms with Crippen LogP contribution in [0.25, 0.3) is 44.3 Å². The molecule has 2 heteroatoms. The first-order valence-corrected chi connectivity index (χ1v) is 11.8. The van der Waals surface area contributed by atoms with Crippen molar-refractivity contribution in [1.82, 2.24) is 0 Å². The Morgan fingerprint density at radius 2 is 1.78 bits per heavy atom. The third-order valence-corrected chi connectivity index (χ3v) is 7.69. The highest BCUT2D eigenvalue weighted by Crippen LogP contribution is 2.46. The van der Waals surface area contributed by atoms with Crippen LogP contribution in [0.1, 0.15) is 68.2 Å². The van der Waals surface area contributed by atoms with Gasteiger partial charge in [0, 0.05) is 40.5 Å². The average Bonchev–Trinajstić information content (AvgIpc) is 3.21. The van der Waals surface area contributed by atoms with Gasteiger partial charge in [0.15, 0.2) is 0 Å². The number of fused-ring (bicyclic) bond motifs is 2. The van der Waals surface area contributed by atoms with Crippen molar-refractivity contribution >= 4 is 67.0 Å². The summed E-state index contributed by atoms with van der Waals surface area (Å²) in [5.41, 5.74) is 1.29. The predicted molar refractivity (Wildman–Crippen MR) is 130 cm³/mol. The largest absolute Gasteiger partial charge is 0.140 e. The summed E-state index contributed by atoms with van der Waals surface area (Å²) < 4.78 is 2.59. The summed E-state index contributed by atoms with van der Waals surface area (Å²) in [7, 11) is 0. The first-order chi connectivity index (χ1) is 13.1. The maximum atomic E-state index is 4.43. The summed E-state index contributed by atoms with van der Waals surface area (Å²) in [6.07, 6.45) is 5.71. The van der Waals surface area contributed by atoms with Crippen LogP contribution in [0.3, 0.4) is 0 Å². The van der Waals surface area contributed by atoms with E-state index in [4.69, 9.17) is 0 Å².